The first kappa shape index (κ1) is 16.6. The highest BCUT2D eigenvalue weighted by Gasteiger charge is 2.21. The maximum atomic E-state index is 11.4. The zero-order valence-corrected chi connectivity index (χ0v) is 13.5. The molecule has 22 heavy (non-hydrogen) atoms. The summed E-state index contributed by atoms with van der Waals surface area (Å²) in [6.07, 6.45) is 3.61. The minimum Gasteiger partial charge on any atom is -0.463 e. The average molecular weight is 302 g/mol. The third-order valence-corrected chi connectivity index (χ3v) is 3.89. The van der Waals surface area contributed by atoms with Gasteiger partial charge >= 0.3 is 5.97 Å². The topological polar surface area (TPSA) is 50.4 Å². The fourth-order valence-corrected chi connectivity index (χ4v) is 2.80. The van der Waals surface area contributed by atoms with Crippen LogP contribution in [0.5, 0.6) is 0 Å². The third-order valence-electron chi connectivity index (χ3n) is 3.89. The van der Waals surface area contributed by atoms with E-state index in [4.69, 9.17) is 4.74 Å². The summed E-state index contributed by atoms with van der Waals surface area (Å²) in [6, 6.07) is 10.9. The zero-order chi connectivity index (χ0) is 15.8. The van der Waals surface area contributed by atoms with Gasteiger partial charge in [-0.25, -0.2) is 4.79 Å². The Morgan fingerprint density at radius 2 is 2.23 bits per heavy atom. The van der Waals surface area contributed by atoms with Gasteiger partial charge in [0, 0.05) is 30.9 Å². The van der Waals surface area contributed by atoms with Crippen LogP contribution in [0.25, 0.3) is 0 Å². The third kappa shape index (κ3) is 5.53. The molecule has 0 saturated carbocycles. The molecule has 1 aliphatic rings. The molecule has 0 unspecified atom stereocenters. The fourth-order valence-electron chi connectivity index (χ4n) is 2.80. The average Bonchev–Trinajstić information content (AvgIpc) is 2.93. The highest BCUT2D eigenvalue weighted by molar-refractivity contribution is 5.82. The summed E-state index contributed by atoms with van der Waals surface area (Å²) in [5.74, 6) is 0.319. The number of allylic oxidation sites excluding steroid dienone is 1. The molecule has 2 atom stereocenters. The molecule has 0 spiro atoms. The van der Waals surface area contributed by atoms with E-state index in [1.165, 1.54) is 5.56 Å². The molecule has 0 amide bonds. The van der Waals surface area contributed by atoms with Crippen molar-refractivity contribution in [2.45, 2.75) is 39.3 Å². The summed E-state index contributed by atoms with van der Waals surface area (Å²) < 4.78 is 4.94. The molecule has 0 aromatic heterocycles. The van der Waals surface area contributed by atoms with Crippen molar-refractivity contribution in [3.63, 3.8) is 0 Å². The monoisotopic (exact) mass is 302 g/mol. The van der Waals surface area contributed by atoms with Crippen LogP contribution < -0.4 is 10.6 Å². The van der Waals surface area contributed by atoms with Gasteiger partial charge in [-0.3, -0.25) is 0 Å². The van der Waals surface area contributed by atoms with Crippen LogP contribution >= 0.6 is 0 Å². The number of hydrogen-bond acceptors (Lipinski definition) is 4. The number of hydrogen-bond donors (Lipinski definition) is 2. The maximum absolute atomic E-state index is 11.4. The zero-order valence-electron chi connectivity index (χ0n) is 13.5. The Morgan fingerprint density at radius 1 is 1.45 bits per heavy atom. The molecule has 2 N–H and O–H groups in total. The first-order chi connectivity index (χ1) is 10.7. The van der Waals surface area contributed by atoms with Crippen molar-refractivity contribution >= 4 is 5.97 Å². The van der Waals surface area contributed by atoms with Crippen LogP contribution in [0.1, 0.15) is 32.3 Å². The minimum atomic E-state index is -0.249. The smallest absolute Gasteiger partial charge is 0.332 e. The summed E-state index contributed by atoms with van der Waals surface area (Å²) in [7, 11) is 0. The summed E-state index contributed by atoms with van der Waals surface area (Å²) >= 11 is 0. The van der Waals surface area contributed by atoms with Crippen LogP contribution in [0.15, 0.2) is 42.1 Å². The molecule has 4 heteroatoms. The van der Waals surface area contributed by atoms with Crippen molar-refractivity contribution in [1.82, 2.24) is 10.6 Å². The summed E-state index contributed by atoms with van der Waals surface area (Å²) in [6.45, 7) is 6.29. The molecule has 1 saturated heterocycles. The Bertz CT molecular complexity index is 499. The van der Waals surface area contributed by atoms with Crippen molar-refractivity contribution in [2.75, 3.05) is 13.2 Å². The van der Waals surface area contributed by atoms with E-state index in [1.807, 2.05) is 13.0 Å². The van der Waals surface area contributed by atoms with Gasteiger partial charge in [-0.1, -0.05) is 30.3 Å². The Morgan fingerprint density at radius 3 is 2.95 bits per heavy atom. The molecule has 120 valence electrons. The number of esters is 1. The molecule has 2 rings (SSSR count). The van der Waals surface area contributed by atoms with Crippen LogP contribution in [-0.2, 0) is 16.1 Å². The predicted octanol–water partition coefficient (Wildman–Crippen LogP) is 2.61. The van der Waals surface area contributed by atoms with Gasteiger partial charge in [0.1, 0.15) is 0 Å². The van der Waals surface area contributed by atoms with Crippen LogP contribution in [0, 0.1) is 5.92 Å². The Hall–Kier alpha value is -1.81. The quantitative estimate of drug-likeness (QED) is 0.600. The highest BCUT2D eigenvalue weighted by atomic mass is 16.5. The van der Waals surface area contributed by atoms with E-state index in [1.54, 1.807) is 6.08 Å². The van der Waals surface area contributed by atoms with Crippen molar-refractivity contribution in [3.05, 3.63) is 47.7 Å². The van der Waals surface area contributed by atoms with Gasteiger partial charge in [0.15, 0.2) is 0 Å². The lowest BCUT2D eigenvalue weighted by Crippen LogP contribution is -2.28. The summed E-state index contributed by atoms with van der Waals surface area (Å²) in [4.78, 5) is 11.4. The van der Waals surface area contributed by atoms with Gasteiger partial charge in [0.25, 0.3) is 0 Å². The lowest BCUT2D eigenvalue weighted by molar-refractivity contribution is -0.137. The van der Waals surface area contributed by atoms with Crippen LogP contribution in [0.3, 0.4) is 0 Å². The van der Waals surface area contributed by atoms with E-state index in [0.717, 1.165) is 31.6 Å². The van der Waals surface area contributed by atoms with Gasteiger partial charge in [0.2, 0.25) is 0 Å². The Labute approximate surface area is 132 Å². The van der Waals surface area contributed by atoms with Gasteiger partial charge in [-0.05, 0) is 38.2 Å². The highest BCUT2D eigenvalue weighted by Crippen LogP contribution is 2.21. The second kappa shape index (κ2) is 8.59. The van der Waals surface area contributed by atoms with E-state index in [-0.39, 0.29) is 5.97 Å². The SMILES string of the molecule is CCOC(=O)/C=C1/C[C@@H](C[C@H](C)NCc2ccccc2)CN1. The van der Waals surface area contributed by atoms with Crippen LogP contribution in [0.2, 0.25) is 0 Å². The van der Waals surface area contributed by atoms with Crippen molar-refractivity contribution in [3.8, 4) is 0 Å². The van der Waals surface area contributed by atoms with Gasteiger partial charge < -0.3 is 15.4 Å². The second-order valence-corrected chi connectivity index (χ2v) is 5.88. The second-order valence-electron chi connectivity index (χ2n) is 5.88. The number of carbonyl (C=O) groups is 1. The largest absolute Gasteiger partial charge is 0.463 e. The van der Waals surface area contributed by atoms with Gasteiger partial charge in [-0.15, -0.1) is 0 Å². The number of carbonyl (C=O) groups excluding carboxylic acids is 1. The molecular weight excluding hydrogens is 276 g/mol. The molecular formula is C18H26N2O2. The Balaban J connectivity index is 1.72. The maximum Gasteiger partial charge on any atom is 0.332 e. The van der Waals surface area contributed by atoms with Crippen LogP contribution in [-0.4, -0.2) is 25.2 Å². The fraction of sp³-hybridized carbons (Fsp3) is 0.500. The first-order valence-electron chi connectivity index (χ1n) is 8.06. The van der Waals surface area contributed by atoms with E-state index < -0.39 is 0 Å². The van der Waals surface area contributed by atoms with E-state index in [9.17, 15) is 4.79 Å². The van der Waals surface area contributed by atoms with Crippen LogP contribution in [0.4, 0.5) is 0 Å². The summed E-state index contributed by atoms with van der Waals surface area (Å²) in [5.41, 5.74) is 2.31. The standard InChI is InChI=1S/C18H26N2O2/c1-3-22-18(21)11-17-10-16(13-20-17)9-14(2)19-12-15-7-5-4-6-8-15/h4-8,11,14,16,19-20H,3,9-10,12-13H2,1-2H3/b17-11-/t14-,16+/m0/s1. The van der Waals surface area contributed by atoms with Gasteiger partial charge in [0.05, 0.1) is 6.61 Å². The molecule has 1 aliphatic heterocycles. The molecule has 4 nitrogen and oxygen atoms in total. The van der Waals surface area contributed by atoms with Crippen molar-refractivity contribution < 1.29 is 9.53 Å². The molecule has 0 bridgehead atoms. The molecule has 0 aliphatic carbocycles. The molecule has 1 aromatic carbocycles. The number of rotatable bonds is 7. The van der Waals surface area contributed by atoms with Crippen molar-refractivity contribution in [1.29, 1.82) is 0 Å². The number of benzene rings is 1. The lowest BCUT2D eigenvalue weighted by Gasteiger charge is -2.17. The first-order valence-corrected chi connectivity index (χ1v) is 8.06. The van der Waals surface area contributed by atoms with Crippen molar-refractivity contribution in [2.24, 2.45) is 5.92 Å². The molecule has 0 radical (unpaired) electrons. The lowest BCUT2D eigenvalue weighted by atomic mass is 9.99. The van der Waals surface area contributed by atoms with Gasteiger partial charge in [-0.2, -0.15) is 0 Å². The summed E-state index contributed by atoms with van der Waals surface area (Å²) in [5, 5.41) is 6.87. The van der Waals surface area contributed by atoms with E-state index >= 15 is 0 Å². The normalized spacial score (nSPS) is 20.6. The van der Waals surface area contributed by atoms with E-state index in [2.05, 4.69) is 41.8 Å². The Kier molecular flexibility index (Phi) is 6.46. The molecule has 1 fully saturated rings. The minimum absolute atomic E-state index is 0.249. The number of ether oxygens (including phenoxy) is 1. The van der Waals surface area contributed by atoms with E-state index in [0.29, 0.717) is 18.6 Å². The predicted molar refractivity (Wildman–Crippen MR) is 88.2 cm³/mol. The molecule has 1 heterocycles. The number of nitrogens with one attached hydrogen (secondary N) is 2. The molecule has 1 aromatic rings.